The summed E-state index contributed by atoms with van der Waals surface area (Å²) in [5.74, 6) is -0.0887. The van der Waals surface area contributed by atoms with Crippen molar-refractivity contribution < 1.29 is 4.79 Å². The molecular weight excluding hydrogens is 342 g/mol. The zero-order valence-corrected chi connectivity index (χ0v) is 16.5. The average molecular weight is 370 g/mol. The maximum Gasteiger partial charge on any atom is 0.238 e. The van der Waals surface area contributed by atoms with Crippen LogP contribution in [0.2, 0.25) is 0 Å². The van der Waals surface area contributed by atoms with E-state index in [1.165, 1.54) is 11.1 Å². The third-order valence-electron chi connectivity index (χ3n) is 4.37. The molecular formula is C21H27N3OS. The second kappa shape index (κ2) is 9.92. The van der Waals surface area contributed by atoms with Crippen LogP contribution in [0.4, 0.5) is 5.69 Å². The van der Waals surface area contributed by atoms with Crippen molar-refractivity contribution in [2.75, 3.05) is 5.32 Å². The Kier molecular flexibility index (Phi) is 7.60. The number of carbonyl (C=O) groups is 1. The first-order valence-corrected chi connectivity index (χ1v) is 9.46. The van der Waals surface area contributed by atoms with Gasteiger partial charge in [0.25, 0.3) is 0 Å². The summed E-state index contributed by atoms with van der Waals surface area (Å²) in [5, 5.41) is 3.56. The number of para-hydroxylation sites is 1. The van der Waals surface area contributed by atoms with Gasteiger partial charge in [-0.1, -0.05) is 56.3 Å². The molecule has 0 spiro atoms. The summed E-state index contributed by atoms with van der Waals surface area (Å²) in [6.07, 6.45) is 3.05. The third kappa shape index (κ3) is 5.85. The number of benzene rings is 2. The zero-order valence-electron chi connectivity index (χ0n) is 15.7. The fourth-order valence-corrected chi connectivity index (χ4v) is 2.89. The molecule has 138 valence electrons. The van der Waals surface area contributed by atoms with Gasteiger partial charge in [0.2, 0.25) is 5.91 Å². The summed E-state index contributed by atoms with van der Waals surface area (Å²) in [4.78, 5) is 12.0. The second-order valence-electron chi connectivity index (χ2n) is 6.26. The van der Waals surface area contributed by atoms with Gasteiger partial charge >= 0.3 is 0 Å². The number of hydrazine groups is 1. The molecule has 0 aliphatic rings. The summed E-state index contributed by atoms with van der Waals surface area (Å²) < 4.78 is 0. The van der Waals surface area contributed by atoms with E-state index in [-0.39, 0.29) is 5.91 Å². The van der Waals surface area contributed by atoms with E-state index in [1.54, 1.807) is 0 Å². The summed E-state index contributed by atoms with van der Waals surface area (Å²) in [6, 6.07) is 14.5. The van der Waals surface area contributed by atoms with Crippen LogP contribution in [0.1, 0.15) is 42.5 Å². The average Bonchev–Trinajstić information content (AvgIpc) is 2.66. The number of aryl methyl sites for hydroxylation is 4. The highest BCUT2D eigenvalue weighted by Crippen LogP contribution is 2.20. The molecule has 3 N–H and O–H groups in total. The molecule has 0 atom stereocenters. The minimum atomic E-state index is -0.0887. The Balaban J connectivity index is 1.79. The molecule has 0 aliphatic heterocycles. The topological polar surface area (TPSA) is 53.2 Å². The number of hydrogen-bond donors (Lipinski definition) is 3. The number of amides is 1. The standard InChI is InChI=1S/C21H27N3OS/c1-4-16-9-11-17(12-10-16)13-14-19(25)23-24-21(26)22-20-15(3)7-6-8-18(20)5-2/h6-12H,4-5,13-14H2,1-3H3,(H,23,25)(H2,22,24,26). The van der Waals surface area contributed by atoms with E-state index in [1.807, 2.05) is 19.1 Å². The van der Waals surface area contributed by atoms with Crippen molar-refractivity contribution in [3.63, 3.8) is 0 Å². The summed E-state index contributed by atoms with van der Waals surface area (Å²) in [5.41, 5.74) is 11.2. The van der Waals surface area contributed by atoms with E-state index in [9.17, 15) is 4.79 Å². The molecule has 0 aromatic heterocycles. The first-order valence-electron chi connectivity index (χ1n) is 9.05. The molecule has 5 heteroatoms. The zero-order chi connectivity index (χ0) is 18.9. The molecule has 0 unspecified atom stereocenters. The Labute approximate surface area is 161 Å². The molecule has 26 heavy (non-hydrogen) atoms. The predicted molar refractivity (Wildman–Crippen MR) is 112 cm³/mol. The highest BCUT2D eigenvalue weighted by molar-refractivity contribution is 7.80. The van der Waals surface area contributed by atoms with Crippen LogP contribution in [0.15, 0.2) is 42.5 Å². The van der Waals surface area contributed by atoms with E-state index in [4.69, 9.17) is 12.2 Å². The Morgan fingerprint density at radius 1 is 0.962 bits per heavy atom. The van der Waals surface area contributed by atoms with E-state index in [0.717, 1.165) is 29.7 Å². The SMILES string of the molecule is CCc1ccc(CCC(=O)NNC(=S)Nc2c(C)cccc2CC)cc1. The molecule has 2 aromatic rings. The smallest absolute Gasteiger partial charge is 0.238 e. The summed E-state index contributed by atoms with van der Waals surface area (Å²) in [6.45, 7) is 6.27. The summed E-state index contributed by atoms with van der Waals surface area (Å²) >= 11 is 5.29. The number of thiocarbonyl (C=S) groups is 1. The number of hydrogen-bond acceptors (Lipinski definition) is 2. The van der Waals surface area contributed by atoms with Gasteiger partial charge < -0.3 is 5.32 Å². The predicted octanol–water partition coefficient (Wildman–Crippen LogP) is 4.07. The van der Waals surface area contributed by atoms with Crippen molar-refractivity contribution in [1.82, 2.24) is 10.9 Å². The lowest BCUT2D eigenvalue weighted by atomic mass is 10.1. The lowest BCUT2D eigenvalue weighted by molar-refractivity contribution is -0.121. The molecule has 0 heterocycles. The van der Waals surface area contributed by atoms with Gasteiger partial charge in [-0.15, -0.1) is 0 Å². The maximum absolute atomic E-state index is 12.0. The van der Waals surface area contributed by atoms with Crippen molar-refractivity contribution in [2.45, 2.75) is 46.5 Å². The van der Waals surface area contributed by atoms with Crippen molar-refractivity contribution in [3.05, 3.63) is 64.7 Å². The van der Waals surface area contributed by atoms with Gasteiger partial charge in [0.05, 0.1) is 0 Å². The van der Waals surface area contributed by atoms with Crippen LogP contribution in [0.3, 0.4) is 0 Å². The number of carbonyl (C=O) groups excluding carboxylic acids is 1. The molecule has 1 amide bonds. The molecule has 0 aliphatic carbocycles. The van der Waals surface area contributed by atoms with Crippen LogP contribution in [-0.4, -0.2) is 11.0 Å². The normalized spacial score (nSPS) is 10.3. The molecule has 4 nitrogen and oxygen atoms in total. The monoisotopic (exact) mass is 369 g/mol. The van der Waals surface area contributed by atoms with E-state index < -0.39 is 0 Å². The first-order chi connectivity index (χ1) is 12.5. The number of anilines is 1. The molecule has 0 radical (unpaired) electrons. The molecule has 0 saturated heterocycles. The second-order valence-corrected chi connectivity index (χ2v) is 6.67. The van der Waals surface area contributed by atoms with Gasteiger partial charge in [-0.05, 0) is 60.7 Å². The largest absolute Gasteiger partial charge is 0.331 e. The van der Waals surface area contributed by atoms with Crippen molar-refractivity contribution in [2.24, 2.45) is 0 Å². The molecule has 0 saturated carbocycles. The Morgan fingerprint density at radius 3 is 2.31 bits per heavy atom. The van der Waals surface area contributed by atoms with Crippen LogP contribution >= 0.6 is 12.2 Å². The van der Waals surface area contributed by atoms with E-state index >= 15 is 0 Å². The Bertz CT molecular complexity index is 756. The van der Waals surface area contributed by atoms with Crippen LogP contribution in [0, 0.1) is 6.92 Å². The van der Waals surface area contributed by atoms with E-state index in [2.05, 4.69) is 60.3 Å². The number of nitrogens with one attached hydrogen (secondary N) is 3. The highest BCUT2D eigenvalue weighted by atomic mass is 32.1. The van der Waals surface area contributed by atoms with Crippen molar-refractivity contribution >= 4 is 28.9 Å². The van der Waals surface area contributed by atoms with Crippen LogP contribution in [0.5, 0.6) is 0 Å². The van der Waals surface area contributed by atoms with Gasteiger partial charge in [0, 0.05) is 12.1 Å². The van der Waals surface area contributed by atoms with Gasteiger partial charge in [-0.25, -0.2) is 0 Å². The fourth-order valence-electron chi connectivity index (χ4n) is 2.74. The third-order valence-corrected chi connectivity index (χ3v) is 4.57. The highest BCUT2D eigenvalue weighted by Gasteiger charge is 2.07. The van der Waals surface area contributed by atoms with Crippen LogP contribution < -0.4 is 16.2 Å². The van der Waals surface area contributed by atoms with E-state index in [0.29, 0.717) is 18.0 Å². The minimum Gasteiger partial charge on any atom is -0.331 e. The van der Waals surface area contributed by atoms with Crippen molar-refractivity contribution in [1.29, 1.82) is 0 Å². The lowest BCUT2D eigenvalue weighted by Crippen LogP contribution is -2.44. The van der Waals surface area contributed by atoms with Crippen LogP contribution in [0.25, 0.3) is 0 Å². The molecule has 2 aromatic carbocycles. The molecule has 0 fully saturated rings. The summed E-state index contributed by atoms with van der Waals surface area (Å²) in [7, 11) is 0. The Hall–Kier alpha value is -2.40. The van der Waals surface area contributed by atoms with Gasteiger partial charge in [0.1, 0.15) is 0 Å². The first kappa shape index (κ1) is 19.9. The van der Waals surface area contributed by atoms with Gasteiger partial charge in [0.15, 0.2) is 5.11 Å². The van der Waals surface area contributed by atoms with Gasteiger partial charge in [-0.2, -0.15) is 0 Å². The quantitative estimate of drug-likeness (QED) is 0.531. The van der Waals surface area contributed by atoms with Crippen LogP contribution in [-0.2, 0) is 24.1 Å². The number of rotatable bonds is 6. The molecule has 2 rings (SSSR count). The minimum absolute atomic E-state index is 0.0887. The maximum atomic E-state index is 12.0. The van der Waals surface area contributed by atoms with Crippen molar-refractivity contribution in [3.8, 4) is 0 Å². The molecule has 0 bridgehead atoms. The fraction of sp³-hybridized carbons (Fsp3) is 0.333. The van der Waals surface area contributed by atoms with Gasteiger partial charge in [-0.3, -0.25) is 15.6 Å². The lowest BCUT2D eigenvalue weighted by Gasteiger charge is -2.16. The Morgan fingerprint density at radius 2 is 1.65 bits per heavy atom.